The smallest absolute Gasteiger partial charge is 0.223 e. The quantitative estimate of drug-likeness (QED) is 0.496. The van der Waals surface area contributed by atoms with Gasteiger partial charge in [-0.2, -0.15) is 0 Å². The molecule has 34 heavy (non-hydrogen) atoms. The predicted octanol–water partition coefficient (Wildman–Crippen LogP) is 1.74. The normalized spacial score (nSPS) is 29.4. The van der Waals surface area contributed by atoms with Crippen molar-refractivity contribution in [2.45, 2.75) is 65.6 Å². The highest BCUT2D eigenvalue weighted by atomic mass is 16.5. The van der Waals surface area contributed by atoms with E-state index in [2.05, 4.69) is 48.1 Å². The number of morpholine rings is 2. The topological polar surface area (TPSA) is 83.1 Å². The third kappa shape index (κ3) is 9.10. The molecule has 3 fully saturated rings. The zero-order chi connectivity index (χ0) is 24.5. The minimum absolute atomic E-state index is 0.0462. The summed E-state index contributed by atoms with van der Waals surface area (Å²) < 4.78 is 11.7. The number of carbonyl (C=O) groups is 2. The van der Waals surface area contributed by atoms with Crippen LogP contribution in [0.2, 0.25) is 0 Å². The largest absolute Gasteiger partial charge is 0.374 e. The molecule has 0 bridgehead atoms. The first-order valence-electron chi connectivity index (χ1n) is 13.5. The van der Waals surface area contributed by atoms with E-state index in [1.54, 1.807) is 0 Å². The monoisotopic (exact) mass is 480 g/mol. The average Bonchev–Trinajstić information content (AvgIpc) is 2.81. The molecule has 8 heteroatoms. The Balaban J connectivity index is 1.37. The molecular formula is C26H48N4O4. The number of nitrogens with zero attached hydrogens (tertiary/aromatic N) is 2. The molecule has 2 saturated heterocycles. The van der Waals surface area contributed by atoms with Gasteiger partial charge < -0.3 is 20.1 Å². The number of hydrogen-bond acceptors (Lipinski definition) is 6. The van der Waals surface area contributed by atoms with E-state index in [0.29, 0.717) is 31.3 Å². The maximum Gasteiger partial charge on any atom is 0.223 e. The molecule has 2 aliphatic heterocycles. The number of ether oxygens (including phenoxy) is 2. The van der Waals surface area contributed by atoms with Crippen LogP contribution in [0.5, 0.6) is 0 Å². The van der Waals surface area contributed by atoms with Gasteiger partial charge in [-0.25, -0.2) is 0 Å². The van der Waals surface area contributed by atoms with Crippen molar-refractivity contribution in [2.24, 2.45) is 23.7 Å². The molecule has 4 atom stereocenters. The Morgan fingerprint density at radius 2 is 1.24 bits per heavy atom. The second-order valence-electron chi connectivity index (χ2n) is 11.3. The van der Waals surface area contributed by atoms with Crippen LogP contribution in [0.25, 0.3) is 0 Å². The van der Waals surface area contributed by atoms with E-state index in [1.807, 2.05) is 0 Å². The Hall–Kier alpha value is -1.22. The van der Waals surface area contributed by atoms with E-state index in [9.17, 15) is 9.59 Å². The molecule has 1 aliphatic carbocycles. The van der Waals surface area contributed by atoms with Crippen molar-refractivity contribution in [3.8, 4) is 0 Å². The lowest BCUT2D eigenvalue weighted by molar-refractivity contribution is -0.131. The van der Waals surface area contributed by atoms with Crippen molar-refractivity contribution in [3.05, 3.63) is 0 Å². The van der Waals surface area contributed by atoms with E-state index >= 15 is 0 Å². The summed E-state index contributed by atoms with van der Waals surface area (Å²) in [6.07, 6.45) is 3.36. The summed E-state index contributed by atoms with van der Waals surface area (Å²) in [5, 5.41) is 6.22. The van der Waals surface area contributed by atoms with Crippen molar-refractivity contribution in [1.29, 1.82) is 0 Å². The Morgan fingerprint density at radius 3 is 1.65 bits per heavy atom. The van der Waals surface area contributed by atoms with Gasteiger partial charge in [-0.3, -0.25) is 19.4 Å². The van der Waals surface area contributed by atoms with Gasteiger partial charge in [0.05, 0.1) is 25.4 Å². The first kappa shape index (κ1) is 27.4. The van der Waals surface area contributed by atoms with Crippen LogP contribution >= 0.6 is 0 Å². The standard InChI is InChI=1S/C26H48N4O4/c1-19(2)15-29-8-10-33-23(17-29)13-27-25(31)21-6-5-7-22(12-21)26(32)28-14-24-18-30(9-11-34-24)16-20(3)4/h19-24H,5-18H2,1-4H3,(H,27,31)(H,28,32). The first-order chi connectivity index (χ1) is 16.3. The van der Waals surface area contributed by atoms with Crippen LogP contribution in [0.1, 0.15) is 53.4 Å². The lowest BCUT2D eigenvalue weighted by Crippen LogP contribution is -2.50. The summed E-state index contributed by atoms with van der Waals surface area (Å²) in [6, 6.07) is 0. The second-order valence-corrected chi connectivity index (χ2v) is 11.3. The van der Waals surface area contributed by atoms with Crippen LogP contribution in [0.4, 0.5) is 0 Å². The second kappa shape index (κ2) is 13.8. The van der Waals surface area contributed by atoms with Crippen molar-refractivity contribution in [2.75, 3.05) is 65.6 Å². The molecule has 8 nitrogen and oxygen atoms in total. The zero-order valence-corrected chi connectivity index (χ0v) is 21.9. The van der Waals surface area contributed by atoms with Gasteiger partial charge in [0.25, 0.3) is 0 Å². The van der Waals surface area contributed by atoms with E-state index < -0.39 is 0 Å². The molecule has 0 spiro atoms. The van der Waals surface area contributed by atoms with Gasteiger partial charge in [0.15, 0.2) is 0 Å². The third-order valence-corrected chi connectivity index (χ3v) is 7.12. The van der Waals surface area contributed by atoms with Crippen molar-refractivity contribution in [3.63, 3.8) is 0 Å². The van der Waals surface area contributed by atoms with Crippen LogP contribution in [-0.2, 0) is 19.1 Å². The molecule has 0 aromatic carbocycles. The highest BCUT2D eigenvalue weighted by molar-refractivity contribution is 5.82. The maximum atomic E-state index is 12.9. The van der Waals surface area contributed by atoms with Crippen molar-refractivity contribution in [1.82, 2.24) is 20.4 Å². The molecule has 4 unspecified atom stereocenters. The SMILES string of the molecule is CC(C)CN1CCOC(CNC(=O)C2CCCC(C(=O)NCC3CN(CC(C)C)CCO3)C2)C1. The van der Waals surface area contributed by atoms with Gasteiger partial charge in [-0.15, -0.1) is 0 Å². The summed E-state index contributed by atoms with van der Waals surface area (Å²) in [5.74, 6) is 1.22. The summed E-state index contributed by atoms with van der Waals surface area (Å²) in [5.41, 5.74) is 0. The van der Waals surface area contributed by atoms with E-state index in [-0.39, 0.29) is 35.9 Å². The Kier molecular flexibility index (Phi) is 11.1. The van der Waals surface area contributed by atoms with Crippen LogP contribution < -0.4 is 10.6 Å². The minimum atomic E-state index is -0.0904. The summed E-state index contributed by atoms with van der Waals surface area (Å²) in [6.45, 7) is 17.2. The minimum Gasteiger partial charge on any atom is -0.374 e. The van der Waals surface area contributed by atoms with E-state index in [0.717, 1.165) is 71.7 Å². The van der Waals surface area contributed by atoms with Gasteiger partial charge in [0.2, 0.25) is 11.8 Å². The van der Waals surface area contributed by atoms with Gasteiger partial charge in [0.1, 0.15) is 0 Å². The van der Waals surface area contributed by atoms with Crippen LogP contribution in [-0.4, -0.2) is 99.4 Å². The Morgan fingerprint density at radius 1 is 0.794 bits per heavy atom. The fraction of sp³-hybridized carbons (Fsp3) is 0.923. The van der Waals surface area contributed by atoms with Gasteiger partial charge in [0, 0.05) is 64.2 Å². The van der Waals surface area contributed by atoms with Crippen LogP contribution in [0.15, 0.2) is 0 Å². The molecule has 3 rings (SSSR count). The number of amides is 2. The number of carbonyl (C=O) groups excluding carboxylic acids is 2. The fourth-order valence-electron chi connectivity index (χ4n) is 5.56. The summed E-state index contributed by atoms with van der Waals surface area (Å²) in [4.78, 5) is 30.6. The molecule has 3 aliphatic rings. The van der Waals surface area contributed by atoms with Gasteiger partial charge in [-0.05, 0) is 31.1 Å². The first-order valence-corrected chi connectivity index (χ1v) is 13.5. The molecule has 196 valence electrons. The number of rotatable bonds is 10. The summed E-state index contributed by atoms with van der Waals surface area (Å²) in [7, 11) is 0. The molecular weight excluding hydrogens is 432 g/mol. The van der Waals surface area contributed by atoms with E-state index in [4.69, 9.17) is 9.47 Å². The lowest BCUT2D eigenvalue weighted by Gasteiger charge is -2.35. The Labute approximate surface area is 206 Å². The molecule has 0 aromatic rings. The van der Waals surface area contributed by atoms with Crippen molar-refractivity contribution >= 4 is 11.8 Å². The van der Waals surface area contributed by atoms with E-state index in [1.165, 1.54) is 0 Å². The molecule has 1 saturated carbocycles. The maximum absolute atomic E-state index is 12.9. The fourth-order valence-corrected chi connectivity index (χ4v) is 5.56. The zero-order valence-electron chi connectivity index (χ0n) is 21.9. The van der Waals surface area contributed by atoms with Crippen LogP contribution in [0, 0.1) is 23.7 Å². The van der Waals surface area contributed by atoms with Crippen molar-refractivity contribution < 1.29 is 19.1 Å². The number of nitrogens with one attached hydrogen (secondary N) is 2. The molecule has 0 radical (unpaired) electrons. The molecule has 0 aromatic heterocycles. The third-order valence-electron chi connectivity index (χ3n) is 7.12. The predicted molar refractivity (Wildman–Crippen MR) is 134 cm³/mol. The highest BCUT2D eigenvalue weighted by Crippen LogP contribution is 2.29. The summed E-state index contributed by atoms with van der Waals surface area (Å²) >= 11 is 0. The molecule has 2 N–H and O–H groups in total. The Bertz CT molecular complexity index is 592. The molecule has 2 amide bonds. The molecule has 2 heterocycles. The van der Waals surface area contributed by atoms with Gasteiger partial charge >= 0.3 is 0 Å². The highest BCUT2D eigenvalue weighted by Gasteiger charge is 2.32. The number of hydrogen-bond donors (Lipinski definition) is 2. The average molecular weight is 481 g/mol. The van der Waals surface area contributed by atoms with Gasteiger partial charge in [-0.1, -0.05) is 34.1 Å². The lowest BCUT2D eigenvalue weighted by atomic mass is 9.80. The van der Waals surface area contributed by atoms with Crippen LogP contribution in [0.3, 0.4) is 0 Å².